The van der Waals surface area contributed by atoms with Gasteiger partial charge in [0.2, 0.25) is 5.88 Å². The van der Waals surface area contributed by atoms with E-state index in [1.54, 1.807) is 6.07 Å². The van der Waals surface area contributed by atoms with E-state index in [9.17, 15) is 18.8 Å². The zero-order valence-corrected chi connectivity index (χ0v) is 19.0. The van der Waals surface area contributed by atoms with Crippen LogP contribution < -0.4 is 9.64 Å². The first-order chi connectivity index (χ1) is 15.8. The molecular weight excluding hydrogens is 452 g/mol. The molecule has 10 heteroatoms. The van der Waals surface area contributed by atoms with Crippen molar-refractivity contribution in [2.75, 3.05) is 51.3 Å². The van der Waals surface area contributed by atoms with Crippen LogP contribution in [-0.2, 0) is 4.79 Å². The summed E-state index contributed by atoms with van der Waals surface area (Å²) in [5.74, 6) is -2.32. The second-order valence-electron chi connectivity index (χ2n) is 8.31. The summed E-state index contributed by atoms with van der Waals surface area (Å²) in [5.41, 5.74) is 0.683. The molecule has 3 heterocycles. The number of piperazine rings is 1. The molecule has 2 aliphatic heterocycles. The zero-order valence-electron chi connectivity index (χ0n) is 18.3. The fourth-order valence-electron chi connectivity index (χ4n) is 4.46. The third-order valence-electron chi connectivity index (χ3n) is 6.26. The van der Waals surface area contributed by atoms with Crippen LogP contribution in [-0.4, -0.2) is 73.1 Å². The number of rotatable bonds is 5. The number of hydrogen-bond donors (Lipinski definition) is 0. The van der Waals surface area contributed by atoms with Crippen LogP contribution in [0.15, 0.2) is 24.5 Å². The number of fused-ring (bicyclic) bond motifs is 1. The molecule has 2 fully saturated rings. The van der Waals surface area contributed by atoms with Crippen molar-refractivity contribution in [2.45, 2.75) is 18.9 Å². The van der Waals surface area contributed by atoms with Crippen molar-refractivity contribution in [3.63, 3.8) is 0 Å². The Balaban J connectivity index is 1.73. The fraction of sp³-hybridized carbons (Fsp3) is 0.435. The number of nitriles is 1. The second-order valence-corrected chi connectivity index (χ2v) is 8.74. The van der Waals surface area contributed by atoms with Gasteiger partial charge < -0.3 is 19.4 Å². The summed E-state index contributed by atoms with van der Waals surface area (Å²) in [6.07, 6.45) is 2.03. The lowest BCUT2D eigenvalue weighted by Crippen LogP contribution is -2.49. The summed E-state index contributed by atoms with van der Waals surface area (Å²) >= 11 is 6.12. The number of hydrogen-bond acceptors (Lipinski definition) is 6. The lowest BCUT2D eigenvalue weighted by molar-refractivity contribution is -0.128. The number of likely N-dealkylation sites (N-methyl/N-ethyl adjacent to an activating group) is 1. The van der Waals surface area contributed by atoms with Gasteiger partial charge in [-0.2, -0.15) is 5.26 Å². The Morgan fingerprint density at radius 3 is 2.67 bits per heavy atom. The summed E-state index contributed by atoms with van der Waals surface area (Å²) in [6, 6.07) is 5.10. The van der Waals surface area contributed by atoms with Gasteiger partial charge in [0.05, 0.1) is 5.69 Å². The van der Waals surface area contributed by atoms with Gasteiger partial charge in [-0.15, -0.1) is 0 Å². The Labute approximate surface area is 195 Å². The molecule has 0 spiro atoms. The molecular formula is C23H24ClF2N5O2. The molecule has 1 aromatic heterocycles. The number of aromatic nitrogens is 1. The standard InChI is InChI=1S/C23H24ClF2N5O2/c1-14(25)23(32)31-8-6-30(7-9-31)21-17-10-15(24)11-19(26)20(17)28-22(18(21)12-27)33-13-16-4-3-5-29(16)2/h10-11,16H,1,3-9,13H2,2H3/t16-/m0/s1. The van der Waals surface area contributed by atoms with Gasteiger partial charge in [-0.3, -0.25) is 4.79 Å². The van der Waals surface area contributed by atoms with Crippen molar-refractivity contribution in [2.24, 2.45) is 0 Å². The van der Waals surface area contributed by atoms with E-state index in [0.717, 1.165) is 19.4 Å². The minimum absolute atomic E-state index is 0.0545. The van der Waals surface area contributed by atoms with Gasteiger partial charge in [0.15, 0.2) is 11.6 Å². The highest BCUT2D eigenvalue weighted by molar-refractivity contribution is 6.31. The van der Waals surface area contributed by atoms with Crippen LogP contribution in [0.2, 0.25) is 5.02 Å². The van der Waals surface area contributed by atoms with Gasteiger partial charge in [-0.1, -0.05) is 18.2 Å². The Bertz CT molecular complexity index is 1140. The van der Waals surface area contributed by atoms with E-state index in [-0.39, 0.29) is 41.1 Å². The molecule has 0 saturated carbocycles. The number of carbonyl (C=O) groups excluding carboxylic acids is 1. The summed E-state index contributed by atoms with van der Waals surface area (Å²) in [7, 11) is 2.01. The van der Waals surface area contributed by atoms with E-state index in [4.69, 9.17) is 16.3 Å². The Morgan fingerprint density at radius 1 is 1.33 bits per heavy atom. The maximum atomic E-state index is 14.9. The Kier molecular flexibility index (Phi) is 6.68. The Hall–Kier alpha value is -2.96. The molecule has 174 valence electrons. The van der Waals surface area contributed by atoms with Gasteiger partial charge in [0.25, 0.3) is 5.91 Å². The van der Waals surface area contributed by atoms with Crippen LogP contribution >= 0.6 is 11.6 Å². The molecule has 0 N–H and O–H groups in total. The third kappa shape index (κ3) is 4.59. The SMILES string of the molecule is C=C(F)C(=O)N1CCN(c2c(C#N)c(OC[C@@H]3CCCN3C)nc3c(F)cc(Cl)cc23)CC1. The van der Waals surface area contributed by atoms with Gasteiger partial charge in [0, 0.05) is 42.6 Å². The molecule has 33 heavy (non-hydrogen) atoms. The van der Waals surface area contributed by atoms with Crippen LogP contribution in [0.4, 0.5) is 14.5 Å². The van der Waals surface area contributed by atoms with E-state index < -0.39 is 17.6 Å². The Morgan fingerprint density at radius 2 is 2.06 bits per heavy atom. The summed E-state index contributed by atoms with van der Waals surface area (Å²) in [4.78, 5) is 21.7. The van der Waals surface area contributed by atoms with Crippen molar-refractivity contribution < 1.29 is 18.3 Å². The normalized spacial score (nSPS) is 19.1. The largest absolute Gasteiger partial charge is 0.475 e. The van der Waals surface area contributed by atoms with Crippen molar-refractivity contribution in [1.29, 1.82) is 5.26 Å². The van der Waals surface area contributed by atoms with Crippen molar-refractivity contribution in [3.8, 4) is 11.9 Å². The van der Waals surface area contributed by atoms with Crippen LogP contribution in [0.5, 0.6) is 5.88 Å². The second kappa shape index (κ2) is 9.49. The predicted molar refractivity (Wildman–Crippen MR) is 122 cm³/mol. The number of carbonyl (C=O) groups is 1. The smallest absolute Gasteiger partial charge is 0.282 e. The number of amides is 1. The van der Waals surface area contributed by atoms with Crippen LogP contribution in [0, 0.1) is 17.1 Å². The van der Waals surface area contributed by atoms with Gasteiger partial charge in [-0.05, 0) is 38.6 Å². The molecule has 1 atom stereocenters. The van der Waals surface area contributed by atoms with Crippen LogP contribution in [0.1, 0.15) is 18.4 Å². The minimum atomic E-state index is -1.02. The molecule has 0 unspecified atom stereocenters. The number of halogens is 3. The van der Waals surface area contributed by atoms with Gasteiger partial charge >= 0.3 is 0 Å². The fourth-order valence-corrected chi connectivity index (χ4v) is 4.66. The highest BCUT2D eigenvalue weighted by Crippen LogP contribution is 2.38. The topological polar surface area (TPSA) is 72.7 Å². The summed E-state index contributed by atoms with van der Waals surface area (Å²) in [6.45, 7) is 5.44. The van der Waals surface area contributed by atoms with Crippen LogP contribution in [0.3, 0.4) is 0 Å². The maximum Gasteiger partial charge on any atom is 0.282 e. The van der Waals surface area contributed by atoms with E-state index in [1.165, 1.54) is 11.0 Å². The molecule has 2 aromatic rings. The van der Waals surface area contributed by atoms with Crippen molar-refractivity contribution in [1.82, 2.24) is 14.8 Å². The quantitative estimate of drug-likeness (QED) is 0.616. The highest BCUT2D eigenvalue weighted by atomic mass is 35.5. The number of ether oxygens (including phenoxy) is 1. The van der Waals surface area contributed by atoms with Gasteiger partial charge in [-0.25, -0.2) is 13.8 Å². The van der Waals surface area contributed by atoms with Gasteiger partial charge in [0.1, 0.15) is 23.8 Å². The van der Waals surface area contributed by atoms with Crippen LogP contribution in [0.25, 0.3) is 10.9 Å². The predicted octanol–water partition coefficient (Wildman–Crippen LogP) is 3.50. The minimum Gasteiger partial charge on any atom is -0.475 e. The van der Waals surface area contributed by atoms with Crippen molar-refractivity contribution in [3.05, 3.63) is 40.9 Å². The first-order valence-corrected chi connectivity index (χ1v) is 11.1. The molecule has 7 nitrogen and oxygen atoms in total. The van der Waals surface area contributed by atoms with Crippen molar-refractivity contribution >= 4 is 34.1 Å². The number of benzene rings is 1. The van der Waals surface area contributed by atoms with E-state index >= 15 is 0 Å². The maximum absolute atomic E-state index is 14.9. The monoisotopic (exact) mass is 475 g/mol. The average Bonchev–Trinajstić information content (AvgIpc) is 3.21. The van der Waals surface area contributed by atoms with E-state index in [0.29, 0.717) is 30.8 Å². The lowest BCUT2D eigenvalue weighted by atomic mass is 10.1. The summed E-state index contributed by atoms with van der Waals surface area (Å²) in [5, 5.41) is 10.6. The number of nitrogens with zero attached hydrogens (tertiary/aromatic N) is 5. The number of likely N-dealkylation sites (tertiary alicyclic amines) is 1. The van der Waals surface area contributed by atoms with E-state index in [1.807, 2.05) is 11.9 Å². The molecule has 1 amide bonds. The molecule has 1 aromatic carbocycles. The number of anilines is 1. The lowest BCUT2D eigenvalue weighted by Gasteiger charge is -2.36. The molecule has 0 bridgehead atoms. The first-order valence-electron chi connectivity index (χ1n) is 10.7. The molecule has 2 aliphatic rings. The molecule has 0 radical (unpaired) electrons. The first kappa shape index (κ1) is 23.2. The third-order valence-corrected chi connectivity index (χ3v) is 6.48. The summed E-state index contributed by atoms with van der Waals surface area (Å²) < 4.78 is 34.1. The number of pyridine rings is 1. The zero-order chi connectivity index (χ0) is 23.7. The molecule has 4 rings (SSSR count). The highest BCUT2D eigenvalue weighted by Gasteiger charge is 2.29. The molecule has 0 aliphatic carbocycles. The average molecular weight is 476 g/mol. The van der Waals surface area contributed by atoms with E-state index in [2.05, 4.69) is 22.5 Å². The molecule has 2 saturated heterocycles.